The molecule has 3 heteroatoms. The van der Waals surface area contributed by atoms with Crippen molar-refractivity contribution in [3.8, 4) is 89.0 Å². The molecule has 3 aromatic heterocycles. The summed E-state index contributed by atoms with van der Waals surface area (Å²) >= 11 is 0. The molecule has 3 aliphatic carbocycles. The molecule has 0 radical (unpaired) electrons. The third kappa shape index (κ3) is 4.39. The second-order valence-corrected chi connectivity index (χ2v) is 15.9. The van der Waals surface area contributed by atoms with Crippen molar-refractivity contribution in [2.75, 3.05) is 0 Å². The van der Waals surface area contributed by atoms with E-state index in [1.165, 1.54) is 94.2 Å². The molecular weight excluding hydrogens is 715 g/mol. The van der Waals surface area contributed by atoms with E-state index >= 15 is 0 Å². The van der Waals surface area contributed by atoms with Gasteiger partial charge in [-0.05, 0) is 189 Å². The fourth-order valence-corrected chi connectivity index (χ4v) is 10.8. The van der Waals surface area contributed by atoms with E-state index in [0.29, 0.717) is 0 Å². The van der Waals surface area contributed by atoms with Gasteiger partial charge in [-0.3, -0.25) is 15.0 Å². The zero-order valence-corrected chi connectivity index (χ0v) is 31.9. The maximum Gasteiger partial charge on any atom is 0.0726 e. The van der Waals surface area contributed by atoms with Crippen LogP contribution in [0.3, 0.4) is 0 Å². The molecule has 272 valence electrons. The number of pyridine rings is 3. The number of benzene rings is 7. The number of nitrogens with zero attached hydrogens (tertiary/aromatic N) is 3. The molecule has 10 aromatic rings. The molecule has 1 atom stereocenters. The van der Waals surface area contributed by atoms with E-state index < -0.39 is 5.41 Å². The average Bonchev–Trinajstić information content (AvgIpc) is 3.91. The third-order valence-electron chi connectivity index (χ3n) is 13.1. The molecule has 0 amide bonds. The predicted octanol–water partition coefficient (Wildman–Crippen LogP) is 13.7. The average molecular weight is 748 g/mol. The smallest absolute Gasteiger partial charge is 0.0726 e. The largest absolute Gasteiger partial charge is 0.265 e. The van der Waals surface area contributed by atoms with Crippen LogP contribution in [0.15, 0.2) is 201 Å². The van der Waals surface area contributed by atoms with Gasteiger partial charge >= 0.3 is 0 Å². The normalized spacial score (nSPS) is 14.8. The van der Waals surface area contributed by atoms with Crippen LogP contribution in [0.1, 0.15) is 22.3 Å². The van der Waals surface area contributed by atoms with Crippen LogP contribution in [0, 0.1) is 0 Å². The van der Waals surface area contributed by atoms with Crippen molar-refractivity contribution in [1.82, 2.24) is 15.0 Å². The van der Waals surface area contributed by atoms with Crippen LogP contribution in [0.2, 0.25) is 0 Å². The summed E-state index contributed by atoms with van der Waals surface area (Å²) in [4.78, 5) is 13.1. The van der Waals surface area contributed by atoms with Crippen molar-refractivity contribution < 1.29 is 0 Å². The highest BCUT2D eigenvalue weighted by Crippen LogP contribution is 2.67. The monoisotopic (exact) mass is 747 g/mol. The van der Waals surface area contributed by atoms with E-state index in [4.69, 9.17) is 0 Å². The van der Waals surface area contributed by atoms with Gasteiger partial charge in [0.25, 0.3) is 0 Å². The van der Waals surface area contributed by atoms with E-state index in [0.717, 1.165) is 27.8 Å². The van der Waals surface area contributed by atoms with Crippen molar-refractivity contribution in [1.29, 1.82) is 0 Å². The zero-order chi connectivity index (χ0) is 38.7. The Balaban J connectivity index is 1.21. The molecule has 7 aromatic carbocycles. The van der Waals surface area contributed by atoms with Crippen molar-refractivity contribution in [3.05, 3.63) is 223 Å². The van der Waals surface area contributed by atoms with Gasteiger partial charge in [0.05, 0.1) is 5.41 Å². The standard InChI is InChI=1S/C56H33N3/c1-3-13-48-42(9-1)43-16-15-38(34-17-23-57-24-18-34)32-50(43)56(48)49-14-4-2-10-45(49)55-51(56)33-47-44-11-5-7-37-8-6-12-46(52(37)44)54(47)53(55)41-30-39(35-19-25-58-26-20-35)29-40(31-41)36-21-27-59-28-22-36/h1-33H. The summed E-state index contributed by atoms with van der Waals surface area (Å²) in [7, 11) is 0. The number of hydrogen-bond acceptors (Lipinski definition) is 3. The van der Waals surface area contributed by atoms with Gasteiger partial charge in [-0.2, -0.15) is 0 Å². The van der Waals surface area contributed by atoms with Crippen LogP contribution in [0.25, 0.3) is 99.8 Å². The Bertz CT molecular complexity index is 3310. The summed E-state index contributed by atoms with van der Waals surface area (Å²) < 4.78 is 0. The van der Waals surface area contributed by atoms with Gasteiger partial charge < -0.3 is 0 Å². The summed E-state index contributed by atoms with van der Waals surface area (Å²) in [5.74, 6) is 0. The maximum absolute atomic E-state index is 4.39. The Labute approximate surface area is 342 Å². The summed E-state index contributed by atoms with van der Waals surface area (Å²) in [6.45, 7) is 0. The lowest BCUT2D eigenvalue weighted by Crippen LogP contribution is -2.26. The lowest BCUT2D eigenvalue weighted by molar-refractivity contribution is 0.794. The molecule has 3 nitrogen and oxygen atoms in total. The molecule has 13 rings (SSSR count). The number of aromatic nitrogens is 3. The Hall–Kier alpha value is -7.75. The van der Waals surface area contributed by atoms with Gasteiger partial charge in [0, 0.05) is 37.2 Å². The van der Waals surface area contributed by atoms with Crippen molar-refractivity contribution in [2.45, 2.75) is 5.41 Å². The molecule has 0 N–H and O–H groups in total. The number of hydrogen-bond donors (Lipinski definition) is 0. The van der Waals surface area contributed by atoms with Crippen molar-refractivity contribution >= 4 is 10.8 Å². The molecule has 0 fully saturated rings. The van der Waals surface area contributed by atoms with E-state index in [1.807, 2.05) is 37.2 Å². The summed E-state index contributed by atoms with van der Waals surface area (Å²) in [5.41, 5.74) is 24.4. The summed E-state index contributed by atoms with van der Waals surface area (Å²) in [5, 5.41) is 2.59. The van der Waals surface area contributed by atoms with E-state index in [1.54, 1.807) is 0 Å². The van der Waals surface area contributed by atoms with Gasteiger partial charge in [0.2, 0.25) is 0 Å². The lowest BCUT2D eigenvalue weighted by atomic mass is 9.69. The van der Waals surface area contributed by atoms with Gasteiger partial charge in [-0.25, -0.2) is 0 Å². The van der Waals surface area contributed by atoms with Crippen LogP contribution in [0.5, 0.6) is 0 Å². The second-order valence-electron chi connectivity index (χ2n) is 15.9. The van der Waals surface area contributed by atoms with Crippen LogP contribution in [0.4, 0.5) is 0 Å². The fraction of sp³-hybridized carbons (Fsp3) is 0.0179. The Kier molecular flexibility index (Phi) is 6.65. The first kappa shape index (κ1) is 32.3. The van der Waals surface area contributed by atoms with E-state index in [9.17, 15) is 0 Å². The summed E-state index contributed by atoms with van der Waals surface area (Å²) in [6.07, 6.45) is 11.3. The summed E-state index contributed by atoms with van der Waals surface area (Å²) in [6, 6.07) is 61.4. The van der Waals surface area contributed by atoms with Crippen molar-refractivity contribution in [2.24, 2.45) is 0 Å². The van der Waals surface area contributed by atoms with Crippen LogP contribution in [-0.4, -0.2) is 15.0 Å². The lowest BCUT2D eigenvalue weighted by Gasteiger charge is -2.31. The molecule has 59 heavy (non-hydrogen) atoms. The Morgan fingerprint density at radius 3 is 1.46 bits per heavy atom. The highest BCUT2D eigenvalue weighted by atomic mass is 14.6. The molecule has 1 unspecified atom stereocenters. The topological polar surface area (TPSA) is 38.7 Å². The molecule has 0 aliphatic heterocycles. The minimum absolute atomic E-state index is 0.552. The van der Waals surface area contributed by atoms with Gasteiger partial charge in [-0.1, -0.05) is 97.1 Å². The zero-order valence-electron chi connectivity index (χ0n) is 31.9. The maximum atomic E-state index is 4.39. The Morgan fingerprint density at radius 1 is 0.271 bits per heavy atom. The van der Waals surface area contributed by atoms with Crippen LogP contribution >= 0.6 is 0 Å². The molecule has 0 saturated carbocycles. The van der Waals surface area contributed by atoms with Crippen LogP contribution in [-0.2, 0) is 5.41 Å². The quantitative estimate of drug-likeness (QED) is 0.180. The highest BCUT2D eigenvalue weighted by molar-refractivity contribution is 6.21. The third-order valence-corrected chi connectivity index (χ3v) is 13.1. The number of rotatable bonds is 4. The molecule has 0 bridgehead atoms. The Morgan fingerprint density at radius 2 is 0.797 bits per heavy atom. The number of fused-ring (bicyclic) bond motifs is 13. The minimum atomic E-state index is -0.552. The van der Waals surface area contributed by atoms with Gasteiger partial charge in [0.15, 0.2) is 0 Å². The van der Waals surface area contributed by atoms with Gasteiger partial charge in [-0.15, -0.1) is 0 Å². The molecule has 0 saturated heterocycles. The molecule has 3 aliphatic rings. The van der Waals surface area contributed by atoms with E-state index in [-0.39, 0.29) is 0 Å². The first-order chi connectivity index (χ1) is 29.3. The van der Waals surface area contributed by atoms with Crippen molar-refractivity contribution in [3.63, 3.8) is 0 Å². The second kappa shape index (κ2) is 12.1. The first-order valence-electron chi connectivity index (χ1n) is 20.2. The molecule has 1 spiro atoms. The molecule has 3 heterocycles. The minimum Gasteiger partial charge on any atom is -0.265 e. The SMILES string of the molecule is c1ccc2c(c1)-c1ccc(-c3ccncc3)cc1C21c2ccccc2-c2c1cc1c(c2-c2cc(-c3ccncc3)cc(-c3ccncc3)c2)-c2cccc3cccc-1c23. The first-order valence-corrected chi connectivity index (χ1v) is 20.2. The predicted molar refractivity (Wildman–Crippen MR) is 240 cm³/mol. The molecular formula is C56H33N3. The van der Waals surface area contributed by atoms with Crippen LogP contribution < -0.4 is 0 Å². The highest BCUT2D eigenvalue weighted by Gasteiger charge is 2.53. The van der Waals surface area contributed by atoms with Gasteiger partial charge in [0.1, 0.15) is 0 Å². The fourth-order valence-electron chi connectivity index (χ4n) is 10.8. The van der Waals surface area contributed by atoms with E-state index in [2.05, 4.69) is 179 Å².